The number of fused-ring (bicyclic) bond motifs is 1. The number of carbonyl (C=O) groups is 1. The van der Waals surface area contributed by atoms with E-state index in [0.29, 0.717) is 16.5 Å². The molecule has 0 bridgehead atoms. The van der Waals surface area contributed by atoms with E-state index in [9.17, 15) is 9.18 Å². The summed E-state index contributed by atoms with van der Waals surface area (Å²) in [5.41, 5.74) is 0. The minimum absolute atomic E-state index is 0.0550. The second-order valence-electron chi connectivity index (χ2n) is 5.57. The minimum Gasteiger partial charge on any atom is -0.485 e. The lowest BCUT2D eigenvalue weighted by Crippen LogP contribution is -2.03. The Bertz CT molecular complexity index is 1040. The largest absolute Gasteiger partial charge is 0.485 e. The maximum atomic E-state index is 12.9. The predicted octanol–water partition coefficient (Wildman–Crippen LogP) is 4.36. The first kappa shape index (κ1) is 17.2. The van der Waals surface area contributed by atoms with Crippen LogP contribution in [0.3, 0.4) is 0 Å². The maximum absolute atomic E-state index is 12.9. The number of carbonyl (C=O) groups excluding carboxylic acids is 1. The molecule has 0 unspecified atom stereocenters. The SMILES string of the molecule is O=C(OCc1nc(COc2ccc(F)cc2)no1)c1cc2ccccc2s1. The molecule has 136 valence electrons. The average Bonchev–Trinajstić information content (AvgIpc) is 3.32. The number of esters is 1. The van der Waals surface area contributed by atoms with Crippen molar-refractivity contribution in [3.05, 3.63) is 77.0 Å². The second kappa shape index (κ2) is 7.55. The lowest BCUT2D eigenvalue weighted by Gasteiger charge is -2.02. The lowest BCUT2D eigenvalue weighted by molar-refractivity contribution is 0.0435. The van der Waals surface area contributed by atoms with Gasteiger partial charge in [0.25, 0.3) is 5.89 Å². The minimum atomic E-state index is -0.446. The molecule has 4 aromatic rings. The van der Waals surface area contributed by atoms with Crippen LogP contribution in [-0.2, 0) is 18.0 Å². The molecule has 4 rings (SSSR count). The molecule has 0 fully saturated rings. The van der Waals surface area contributed by atoms with Crippen LogP contribution < -0.4 is 4.74 Å². The topological polar surface area (TPSA) is 74.5 Å². The van der Waals surface area contributed by atoms with Gasteiger partial charge in [0.05, 0.1) is 0 Å². The summed E-state index contributed by atoms with van der Waals surface area (Å²) in [6.45, 7) is -0.0734. The average molecular weight is 384 g/mol. The Morgan fingerprint density at radius 3 is 2.74 bits per heavy atom. The van der Waals surface area contributed by atoms with E-state index in [-0.39, 0.29) is 24.9 Å². The molecular formula is C19H13FN2O4S. The predicted molar refractivity (Wildman–Crippen MR) is 96.0 cm³/mol. The van der Waals surface area contributed by atoms with Crippen molar-refractivity contribution < 1.29 is 23.2 Å². The molecule has 2 heterocycles. The summed E-state index contributed by atoms with van der Waals surface area (Å²) < 4.78 is 29.6. The maximum Gasteiger partial charge on any atom is 0.348 e. The number of aromatic nitrogens is 2. The molecule has 0 amide bonds. The van der Waals surface area contributed by atoms with Crippen molar-refractivity contribution in [2.45, 2.75) is 13.2 Å². The van der Waals surface area contributed by atoms with E-state index in [1.54, 1.807) is 6.07 Å². The highest BCUT2D eigenvalue weighted by Gasteiger charge is 2.14. The van der Waals surface area contributed by atoms with Gasteiger partial charge in [0, 0.05) is 4.70 Å². The Morgan fingerprint density at radius 1 is 1.11 bits per heavy atom. The van der Waals surface area contributed by atoms with E-state index in [1.807, 2.05) is 24.3 Å². The fourth-order valence-electron chi connectivity index (χ4n) is 2.37. The first-order valence-corrected chi connectivity index (χ1v) is 8.84. The van der Waals surface area contributed by atoms with Crippen LogP contribution in [0.25, 0.3) is 10.1 Å². The van der Waals surface area contributed by atoms with Gasteiger partial charge in [0.15, 0.2) is 13.2 Å². The van der Waals surface area contributed by atoms with Crippen LogP contribution in [0.5, 0.6) is 5.75 Å². The number of hydrogen-bond donors (Lipinski definition) is 0. The van der Waals surface area contributed by atoms with Gasteiger partial charge >= 0.3 is 5.97 Å². The molecular weight excluding hydrogens is 371 g/mol. The standard InChI is InChI=1S/C19H13FN2O4S/c20-13-5-7-14(8-6-13)24-10-17-21-18(26-22-17)11-25-19(23)16-9-12-3-1-2-4-15(12)27-16/h1-9H,10-11H2. The van der Waals surface area contributed by atoms with E-state index >= 15 is 0 Å². The molecule has 0 saturated heterocycles. The molecule has 0 N–H and O–H groups in total. The molecule has 0 aliphatic rings. The molecule has 0 spiro atoms. The highest BCUT2D eigenvalue weighted by atomic mass is 32.1. The molecule has 0 atom stereocenters. The van der Waals surface area contributed by atoms with Crippen LogP contribution in [0, 0.1) is 5.82 Å². The smallest absolute Gasteiger partial charge is 0.348 e. The number of rotatable bonds is 6. The number of hydrogen-bond acceptors (Lipinski definition) is 7. The van der Waals surface area contributed by atoms with Crippen LogP contribution in [0.4, 0.5) is 4.39 Å². The van der Waals surface area contributed by atoms with Gasteiger partial charge < -0.3 is 14.0 Å². The molecule has 8 heteroatoms. The van der Waals surface area contributed by atoms with Crippen molar-refractivity contribution in [1.82, 2.24) is 10.1 Å². The third-order valence-corrected chi connectivity index (χ3v) is 4.74. The fourth-order valence-corrected chi connectivity index (χ4v) is 3.32. The van der Waals surface area contributed by atoms with Crippen LogP contribution in [0.15, 0.2) is 59.1 Å². The highest BCUT2D eigenvalue weighted by Crippen LogP contribution is 2.26. The molecule has 27 heavy (non-hydrogen) atoms. The number of halogens is 1. The Hall–Kier alpha value is -3.26. The zero-order valence-corrected chi connectivity index (χ0v) is 14.7. The second-order valence-corrected chi connectivity index (χ2v) is 6.66. The summed E-state index contributed by atoms with van der Waals surface area (Å²) in [5, 5.41) is 4.75. The normalized spacial score (nSPS) is 10.9. The lowest BCUT2D eigenvalue weighted by atomic mass is 10.2. The summed E-state index contributed by atoms with van der Waals surface area (Å²) in [5.74, 6) is 0.163. The monoisotopic (exact) mass is 384 g/mol. The fraction of sp³-hybridized carbons (Fsp3) is 0.105. The third-order valence-electron chi connectivity index (χ3n) is 3.65. The third kappa shape index (κ3) is 4.12. The van der Waals surface area contributed by atoms with Crippen LogP contribution in [0.2, 0.25) is 0 Å². The van der Waals surface area contributed by atoms with Crippen LogP contribution in [0.1, 0.15) is 21.4 Å². The molecule has 2 aromatic heterocycles. The number of thiophene rings is 1. The first-order chi connectivity index (χ1) is 13.2. The van der Waals surface area contributed by atoms with Gasteiger partial charge in [-0.05, 0) is 41.8 Å². The van der Waals surface area contributed by atoms with Gasteiger partial charge in [0.2, 0.25) is 5.82 Å². The van der Waals surface area contributed by atoms with E-state index in [1.165, 1.54) is 35.6 Å². The number of nitrogens with zero attached hydrogens (tertiary/aromatic N) is 2. The molecule has 0 aliphatic carbocycles. The Balaban J connectivity index is 1.32. The van der Waals surface area contributed by atoms with Crippen molar-refractivity contribution in [3.8, 4) is 5.75 Å². The van der Waals surface area contributed by atoms with E-state index in [2.05, 4.69) is 10.1 Å². The molecule has 0 radical (unpaired) electrons. The van der Waals surface area contributed by atoms with Gasteiger partial charge in [-0.2, -0.15) is 4.98 Å². The van der Waals surface area contributed by atoms with E-state index < -0.39 is 5.97 Å². The molecule has 0 aliphatic heterocycles. The van der Waals surface area contributed by atoms with Crippen LogP contribution in [-0.4, -0.2) is 16.1 Å². The van der Waals surface area contributed by atoms with E-state index in [0.717, 1.165) is 10.1 Å². The van der Waals surface area contributed by atoms with Crippen molar-refractivity contribution in [2.24, 2.45) is 0 Å². The summed E-state index contributed by atoms with van der Waals surface area (Å²) in [7, 11) is 0. The van der Waals surface area contributed by atoms with Gasteiger partial charge in [-0.15, -0.1) is 11.3 Å². The first-order valence-electron chi connectivity index (χ1n) is 8.03. The van der Waals surface area contributed by atoms with Crippen molar-refractivity contribution in [3.63, 3.8) is 0 Å². The van der Waals surface area contributed by atoms with Crippen LogP contribution >= 0.6 is 11.3 Å². The summed E-state index contributed by atoms with van der Waals surface area (Å²) in [6.07, 6.45) is 0. The zero-order valence-electron chi connectivity index (χ0n) is 13.9. The summed E-state index contributed by atoms with van der Waals surface area (Å²) >= 11 is 1.36. The van der Waals surface area contributed by atoms with Crippen molar-refractivity contribution in [2.75, 3.05) is 0 Å². The quantitative estimate of drug-likeness (QED) is 0.460. The summed E-state index contributed by atoms with van der Waals surface area (Å²) in [6, 6.07) is 15.1. The Morgan fingerprint density at radius 2 is 1.93 bits per heavy atom. The zero-order chi connectivity index (χ0) is 18.6. The van der Waals surface area contributed by atoms with Gasteiger partial charge in [0.1, 0.15) is 16.4 Å². The Kier molecular flexibility index (Phi) is 4.80. The summed E-state index contributed by atoms with van der Waals surface area (Å²) in [4.78, 5) is 16.8. The molecule has 6 nitrogen and oxygen atoms in total. The number of benzene rings is 2. The van der Waals surface area contributed by atoms with Gasteiger partial charge in [-0.1, -0.05) is 23.4 Å². The van der Waals surface area contributed by atoms with Gasteiger partial charge in [-0.25, -0.2) is 9.18 Å². The molecule has 2 aromatic carbocycles. The van der Waals surface area contributed by atoms with E-state index in [4.69, 9.17) is 14.0 Å². The van der Waals surface area contributed by atoms with Crippen molar-refractivity contribution in [1.29, 1.82) is 0 Å². The molecule has 0 saturated carbocycles. The van der Waals surface area contributed by atoms with Gasteiger partial charge in [-0.3, -0.25) is 0 Å². The highest BCUT2D eigenvalue weighted by molar-refractivity contribution is 7.20. The van der Waals surface area contributed by atoms with Crippen molar-refractivity contribution >= 4 is 27.4 Å². The Labute approximate surface area is 157 Å². The number of ether oxygens (including phenoxy) is 2.